The van der Waals surface area contributed by atoms with Crippen LogP contribution in [0.4, 0.5) is 4.79 Å². The number of imide groups is 1. The molecule has 0 spiro atoms. The third-order valence-corrected chi connectivity index (χ3v) is 5.59. The zero-order chi connectivity index (χ0) is 16.5. The van der Waals surface area contributed by atoms with E-state index in [-0.39, 0.29) is 38.1 Å². The highest BCUT2D eigenvalue weighted by Crippen LogP contribution is 2.50. The van der Waals surface area contributed by atoms with Crippen molar-refractivity contribution in [2.75, 3.05) is 32.7 Å². The predicted octanol–water partition coefficient (Wildman–Crippen LogP) is 1.65. The van der Waals surface area contributed by atoms with Gasteiger partial charge in [-0.05, 0) is 27.7 Å². The number of urea groups is 1. The molecule has 9 heteroatoms. The van der Waals surface area contributed by atoms with Gasteiger partial charge in [0.1, 0.15) is 11.8 Å². The summed E-state index contributed by atoms with van der Waals surface area (Å²) in [5, 5.41) is 0. The molecule has 2 rings (SSSR count). The van der Waals surface area contributed by atoms with Crippen LogP contribution in [0.3, 0.4) is 0 Å². The minimum Gasteiger partial charge on any atom is -0.371 e. The van der Waals surface area contributed by atoms with E-state index in [1.807, 2.05) is 0 Å². The van der Waals surface area contributed by atoms with Crippen molar-refractivity contribution in [3.05, 3.63) is 0 Å². The molecule has 2 heterocycles. The molecule has 0 radical (unpaired) electrons. The van der Waals surface area contributed by atoms with Crippen LogP contribution in [0, 0.1) is 0 Å². The van der Waals surface area contributed by atoms with Crippen molar-refractivity contribution < 1.29 is 27.9 Å². The van der Waals surface area contributed by atoms with Gasteiger partial charge in [-0.2, -0.15) is 0 Å². The minimum atomic E-state index is -3.46. The first kappa shape index (κ1) is 17.4. The second-order valence-electron chi connectivity index (χ2n) is 5.73. The fourth-order valence-electron chi connectivity index (χ4n) is 2.38. The SMILES string of the molecule is CCOP(=O)(CN1C(=O)N(CC2CO2)C(=O)C1(C)C)OCC. The molecule has 0 N–H and O–H groups in total. The van der Waals surface area contributed by atoms with E-state index in [1.165, 1.54) is 4.90 Å². The zero-order valence-corrected chi connectivity index (χ0v) is 14.3. The second-order valence-corrected chi connectivity index (χ2v) is 7.75. The van der Waals surface area contributed by atoms with Gasteiger partial charge in [-0.3, -0.25) is 19.2 Å². The molecule has 2 saturated heterocycles. The van der Waals surface area contributed by atoms with Crippen molar-refractivity contribution in [2.24, 2.45) is 0 Å². The Labute approximate surface area is 130 Å². The summed E-state index contributed by atoms with van der Waals surface area (Å²) < 4.78 is 28.2. The predicted molar refractivity (Wildman–Crippen MR) is 78.5 cm³/mol. The normalized spacial score (nSPS) is 24.3. The van der Waals surface area contributed by atoms with Crippen LogP contribution in [0.5, 0.6) is 0 Å². The molecular weight excluding hydrogens is 311 g/mol. The first-order chi connectivity index (χ1) is 10.2. The quantitative estimate of drug-likeness (QED) is 0.381. The number of ether oxygens (including phenoxy) is 1. The Kier molecular flexibility index (Phi) is 4.96. The molecule has 0 aliphatic carbocycles. The average molecular weight is 334 g/mol. The number of nitrogens with zero attached hydrogens (tertiary/aromatic N) is 2. The molecule has 1 atom stereocenters. The van der Waals surface area contributed by atoms with E-state index in [0.29, 0.717) is 6.61 Å². The third kappa shape index (κ3) is 3.35. The number of carbonyl (C=O) groups excluding carboxylic acids is 2. The van der Waals surface area contributed by atoms with Gasteiger partial charge in [0, 0.05) is 0 Å². The first-order valence-electron chi connectivity index (χ1n) is 7.38. The number of epoxide rings is 1. The fraction of sp³-hybridized carbons (Fsp3) is 0.846. The molecule has 2 aliphatic heterocycles. The van der Waals surface area contributed by atoms with Gasteiger partial charge in [-0.25, -0.2) is 4.79 Å². The van der Waals surface area contributed by atoms with Gasteiger partial charge in [0.25, 0.3) is 5.91 Å². The summed E-state index contributed by atoms with van der Waals surface area (Å²) in [6.45, 7) is 7.83. The standard InChI is InChI=1S/C13H23N2O6P/c1-5-20-22(18,21-6-2)9-15-12(17)14(7-10-8-19-10)11(16)13(15,3)4/h10H,5-9H2,1-4H3. The molecule has 3 amide bonds. The molecule has 1 unspecified atom stereocenters. The Morgan fingerprint density at radius 2 is 1.82 bits per heavy atom. The van der Waals surface area contributed by atoms with E-state index in [0.717, 1.165) is 4.90 Å². The van der Waals surface area contributed by atoms with Gasteiger partial charge >= 0.3 is 13.6 Å². The van der Waals surface area contributed by atoms with Crippen LogP contribution < -0.4 is 0 Å². The number of amides is 3. The van der Waals surface area contributed by atoms with Crippen LogP contribution in [-0.4, -0.2) is 66.0 Å². The van der Waals surface area contributed by atoms with Gasteiger partial charge in [-0.15, -0.1) is 0 Å². The van der Waals surface area contributed by atoms with Crippen LogP contribution >= 0.6 is 7.60 Å². The summed E-state index contributed by atoms with van der Waals surface area (Å²) in [4.78, 5) is 27.4. The Balaban J connectivity index is 2.18. The van der Waals surface area contributed by atoms with Crippen LogP contribution in [-0.2, 0) is 23.1 Å². The van der Waals surface area contributed by atoms with Crippen molar-refractivity contribution in [1.82, 2.24) is 9.80 Å². The van der Waals surface area contributed by atoms with E-state index < -0.39 is 19.2 Å². The monoisotopic (exact) mass is 334 g/mol. The van der Waals surface area contributed by atoms with E-state index >= 15 is 0 Å². The summed E-state index contributed by atoms with van der Waals surface area (Å²) in [6.07, 6.45) is -0.330. The van der Waals surface area contributed by atoms with Crippen LogP contribution in [0.15, 0.2) is 0 Å². The van der Waals surface area contributed by atoms with E-state index in [4.69, 9.17) is 13.8 Å². The van der Waals surface area contributed by atoms with Crippen LogP contribution in [0.25, 0.3) is 0 Å². The summed E-state index contributed by atoms with van der Waals surface area (Å²) >= 11 is 0. The average Bonchev–Trinajstić information content (AvgIpc) is 3.22. The van der Waals surface area contributed by atoms with Crippen LogP contribution in [0.2, 0.25) is 0 Å². The highest BCUT2D eigenvalue weighted by molar-refractivity contribution is 7.53. The van der Waals surface area contributed by atoms with Crippen molar-refractivity contribution in [1.29, 1.82) is 0 Å². The molecule has 0 bridgehead atoms. The summed E-state index contributed by atoms with van der Waals surface area (Å²) in [5.41, 5.74) is -1.09. The Hall–Kier alpha value is -0.950. The Morgan fingerprint density at radius 1 is 1.27 bits per heavy atom. The summed E-state index contributed by atoms with van der Waals surface area (Å²) in [5.74, 6) is -0.326. The lowest BCUT2D eigenvalue weighted by Crippen LogP contribution is -2.44. The molecule has 2 fully saturated rings. The van der Waals surface area contributed by atoms with Crippen molar-refractivity contribution in [3.63, 3.8) is 0 Å². The lowest BCUT2D eigenvalue weighted by Gasteiger charge is -2.30. The maximum absolute atomic E-state index is 12.7. The summed E-state index contributed by atoms with van der Waals surface area (Å²) in [7, 11) is -3.46. The van der Waals surface area contributed by atoms with Gasteiger partial charge < -0.3 is 13.8 Å². The largest absolute Gasteiger partial charge is 0.371 e. The van der Waals surface area contributed by atoms with Gasteiger partial charge in [-0.1, -0.05) is 0 Å². The number of hydrogen-bond donors (Lipinski definition) is 0. The number of hydrogen-bond acceptors (Lipinski definition) is 6. The molecule has 0 aromatic carbocycles. The second kappa shape index (κ2) is 6.28. The van der Waals surface area contributed by atoms with Crippen molar-refractivity contribution in [3.8, 4) is 0 Å². The van der Waals surface area contributed by atoms with Gasteiger partial charge in [0.05, 0.1) is 32.5 Å². The van der Waals surface area contributed by atoms with Gasteiger partial charge in [0.15, 0.2) is 0 Å². The molecule has 0 aromatic rings. The molecular formula is C13H23N2O6P. The molecule has 2 aliphatic rings. The fourth-order valence-corrected chi connectivity index (χ4v) is 4.22. The maximum Gasteiger partial charge on any atom is 0.349 e. The minimum absolute atomic E-state index is 0.0887. The molecule has 0 aromatic heterocycles. The van der Waals surface area contributed by atoms with Crippen LogP contribution in [0.1, 0.15) is 27.7 Å². The van der Waals surface area contributed by atoms with E-state index in [9.17, 15) is 14.2 Å². The van der Waals surface area contributed by atoms with E-state index in [2.05, 4.69) is 0 Å². The Bertz CT molecular complexity index is 495. The first-order valence-corrected chi connectivity index (χ1v) is 9.11. The molecule has 0 saturated carbocycles. The third-order valence-electron chi connectivity index (χ3n) is 3.66. The summed E-state index contributed by atoms with van der Waals surface area (Å²) in [6, 6.07) is -0.481. The number of carbonyl (C=O) groups is 2. The highest BCUT2D eigenvalue weighted by atomic mass is 31.2. The highest BCUT2D eigenvalue weighted by Gasteiger charge is 2.54. The zero-order valence-electron chi connectivity index (χ0n) is 13.4. The molecule has 8 nitrogen and oxygen atoms in total. The maximum atomic E-state index is 12.7. The van der Waals surface area contributed by atoms with Crippen molar-refractivity contribution >= 4 is 19.5 Å². The smallest absolute Gasteiger partial charge is 0.349 e. The molecule has 22 heavy (non-hydrogen) atoms. The number of rotatable bonds is 8. The molecule has 126 valence electrons. The van der Waals surface area contributed by atoms with Gasteiger partial charge in [0.2, 0.25) is 0 Å². The van der Waals surface area contributed by atoms with Crippen molar-refractivity contribution in [2.45, 2.75) is 39.3 Å². The van der Waals surface area contributed by atoms with E-state index in [1.54, 1.807) is 27.7 Å². The lowest BCUT2D eigenvalue weighted by molar-refractivity contribution is -0.131. The topological polar surface area (TPSA) is 88.7 Å². The Morgan fingerprint density at radius 3 is 2.27 bits per heavy atom. The lowest BCUT2D eigenvalue weighted by atomic mass is 10.1.